The molecule has 1 fully saturated rings. The summed E-state index contributed by atoms with van der Waals surface area (Å²) in [6.45, 7) is -0.235. The molecule has 0 aromatic heterocycles. The predicted molar refractivity (Wildman–Crippen MR) is 95.9 cm³/mol. The van der Waals surface area contributed by atoms with E-state index in [0.717, 1.165) is 0 Å². The maximum atomic E-state index is 13.5. The lowest BCUT2D eigenvalue weighted by Gasteiger charge is -2.28. The topological polar surface area (TPSA) is 63.7 Å². The summed E-state index contributed by atoms with van der Waals surface area (Å²) in [5.41, 5.74) is 0.564. The Kier molecular flexibility index (Phi) is 5.74. The minimum absolute atomic E-state index is 0.0173. The van der Waals surface area contributed by atoms with Gasteiger partial charge in [-0.1, -0.05) is 12.1 Å². The highest BCUT2D eigenvalue weighted by Crippen LogP contribution is 2.21. The number of halogens is 2. The van der Waals surface area contributed by atoms with Crippen LogP contribution < -0.4 is 4.74 Å². The first-order valence-corrected chi connectivity index (χ1v) is 10.3. The molecule has 0 radical (unpaired) electrons. The van der Waals surface area contributed by atoms with Gasteiger partial charge in [-0.2, -0.15) is 0 Å². The van der Waals surface area contributed by atoms with Crippen molar-refractivity contribution in [2.45, 2.75) is 19.0 Å². The summed E-state index contributed by atoms with van der Waals surface area (Å²) in [7, 11) is -3.20. The van der Waals surface area contributed by atoms with E-state index < -0.39 is 33.4 Å². The molecule has 0 bridgehead atoms. The molecule has 0 spiro atoms. The predicted octanol–water partition coefficient (Wildman–Crippen LogP) is 2.56. The first-order chi connectivity index (χ1) is 12.8. The minimum atomic E-state index is -3.20. The molecule has 1 aliphatic heterocycles. The second-order valence-corrected chi connectivity index (χ2v) is 8.68. The van der Waals surface area contributed by atoms with E-state index in [1.54, 1.807) is 6.07 Å². The fourth-order valence-electron chi connectivity index (χ4n) is 3.03. The summed E-state index contributed by atoms with van der Waals surface area (Å²) >= 11 is 0. The summed E-state index contributed by atoms with van der Waals surface area (Å²) in [6, 6.07) is 10.6. The zero-order valence-electron chi connectivity index (χ0n) is 14.5. The van der Waals surface area contributed by atoms with Crippen molar-refractivity contribution in [2.75, 3.05) is 18.1 Å². The summed E-state index contributed by atoms with van der Waals surface area (Å²) < 4.78 is 55.5. The van der Waals surface area contributed by atoms with Gasteiger partial charge in [-0.25, -0.2) is 17.2 Å². The highest BCUT2D eigenvalue weighted by atomic mass is 32.2. The molecule has 144 valence electrons. The highest BCUT2D eigenvalue weighted by Gasteiger charge is 2.34. The van der Waals surface area contributed by atoms with E-state index in [4.69, 9.17) is 4.74 Å². The number of rotatable bonds is 6. The van der Waals surface area contributed by atoms with Crippen molar-refractivity contribution in [3.05, 3.63) is 65.7 Å². The average Bonchev–Trinajstić information content (AvgIpc) is 2.98. The zero-order chi connectivity index (χ0) is 19.4. The van der Waals surface area contributed by atoms with Gasteiger partial charge in [-0.15, -0.1) is 0 Å². The zero-order valence-corrected chi connectivity index (χ0v) is 15.3. The van der Waals surface area contributed by atoms with Crippen molar-refractivity contribution in [3.63, 3.8) is 0 Å². The Hall–Kier alpha value is -2.48. The number of ether oxygens (including phenoxy) is 1. The highest BCUT2D eigenvalue weighted by molar-refractivity contribution is 7.91. The van der Waals surface area contributed by atoms with Gasteiger partial charge in [-0.3, -0.25) is 4.79 Å². The summed E-state index contributed by atoms with van der Waals surface area (Å²) in [5, 5.41) is 0. The van der Waals surface area contributed by atoms with Crippen LogP contribution in [0.4, 0.5) is 8.78 Å². The van der Waals surface area contributed by atoms with Crippen LogP contribution >= 0.6 is 0 Å². The van der Waals surface area contributed by atoms with Crippen LogP contribution in [0.3, 0.4) is 0 Å². The number of carbonyl (C=O) groups excluding carboxylic acids is 1. The number of amides is 1. The molecule has 3 rings (SSSR count). The fourth-order valence-corrected chi connectivity index (χ4v) is 4.76. The van der Waals surface area contributed by atoms with Gasteiger partial charge < -0.3 is 9.64 Å². The van der Waals surface area contributed by atoms with Crippen LogP contribution in [0.1, 0.15) is 12.0 Å². The van der Waals surface area contributed by atoms with Gasteiger partial charge in [-0.05, 0) is 48.4 Å². The van der Waals surface area contributed by atoms with Crippen LogP contribution in [0.5, 0.6) is 5.75 Å². The van der Waals surface area contributed by atoms with E-state index in [-0.39, 0.29) is 24.7 Å². The minimum Gasteiger partial charge on any atom is -0.484 e. The molecule has 2 aromatic carbocycles. The van der Waals surface area contributed by atoms with Gasteiger partial charge >= 0.3 is 0 Å². The molecule has 0 saturated carbocycles. The van der Waals surface area contributed by atoms with Crippen molar-refractivity contribution in [1.29, 1.82) is 0 Å². The molecular formula is C19H19F2NO4S. The molecule has 0 N–H and O–H groups in total. The van der Waals surface area contributed by atoms with E-state index in [1.165, 1.54) is 47.4 Å². The van der Waals surface area contributed by atoms with Crippen LogP contribution in [0.15, 0.2) is 48.5 Å². The molecule has 2 aromatic rings. The standard InChI is InChI=1S/C19H19F2NO4S/c20-15-4-6-18(7-5-15)26-12-19(23)22(17-8-9-27(24,25)13-17)11-14-2-1-3-16(21)10-14/h1-7,10,17H,8-9,11-13H2/t17-/m1/s1. The number of hydrogen-bond donors (Lipinski definition) is 0. The van der Waals surface area contributed by atoms with Gasteiger partial charge in [0.15, 0.2) is 16.4 Å². The Balaban J connectivity index is 1.73. The molecular weight excluding hydrogens is 376 g/mol. The van der Waals surface area contributed by atoms with E-state index in [2.05, 4.69) is 0 Å². The van der Waals surface area contributed by atoms with Crippen LogP contribution in [-0.4, -0.2) is 43.4 Å². The second kappa shape index (κ2) is 8.04. The number of carbonyl (C=O) groups is 1. The van der Waals surface area contributed by atoms with E-state index in [1.807, 2.05) is 0 Å². The maximum Gasteiger partial charge on any atom is 0.261 e. The largest absolute Gasteiger partial charge is 0.484 e. The molecule has 5 nitrogen and oxygen atoms in total. The van der Waals surface area contributed by atoms with Crippen molar-refractivity contribution >= 4 is 15.7 Å². The van der Waals surface area contributed by atoms with Gasteiger partial charge in [0.05, 0.1) is 11.5 Å². The lowest BCUT2D eigenvalue weighted by molar-refractivity contribution is -0.136. The first kappa shape index (κ1) is 19.3. The van der Waals surface area contributed by atoms with Gasteiger partial charge in [0.25, 0.3) is 5.91 Å². The Bertz CT molecular complexity index is 916. The Morgan fingerprint density at radius 1 is 1.11 bits per heavy atom. The summed E-state index contributed by atoms with van der Waals surface area (Å²) in [6.07, 6.45) is 0.333. The lowest BCUT2D eigenvalue weighted by atomic mass is 10.1. The third kappa shape index (κ3) is 5.26. The van der Waals surface area contributed by atoms with Gasteiger partial charge in [0, 0.05) is 12.6 Å². The van der Waals surface area contributed by atoms with Crippen molar-refractivity contribution in [3.8, 4) is 5.75 Å². The summed E-state index contributed by atoms with van der Waals surface area (Å²) in [5.74, 6) is -1.03. The van der Waals surface area contributed by atoms with Crippen molar-refractivity contribution in [2.24, 2.45) is 0 Å². The number of hydrogen-bond acceptors (Lipinski definition) is 4. The van der Waals surface area contributed by atoms with Crippen LogP contribution in [0.2, 0.25) is 0 Å². The van der Waals surface area contributed by atoms with E-state index in [0.29, 0.717) is 17.7 Å². The molecule has 1 aliphatic rings. The van der Waals surface area contributed by atoms with Crippen LogP contribution in [-0.2, 0) is 21.2 Å². The monoisotopic (exact) mass is 395 g/mol. The number of nitrogens with zero attached hydrogens (tertiary/aromatic N) is 1. The van der Waals surface area contributed by atoms with Crippen molar-refractivity contribution < 1.29 is 26.7 Å². The van der Waals surface area contributed by atoms with Gasteiger partial charge in [0.2, 0.25) is 0 Å². The maximum absolute atomic E-state index is 13.5. The quantitative estimate of drug-likeness (QED) is 0.754. The first-order valence-electron chi connectivity index (χ1n) is 8.45. The SMILES string of the molecule is O=C(COc1ccc(F)cc1)N(Cc1cccc(F)c1)[C@@H]1CCS(=O)(=O)C1. The van der Waals surface area contributed by atoms with Crippen LogP contribution in [0, 0.1) is 11.6 Å². The molecule has 1 heterocycles. The molecule has 8 heteroatoms. The van der Waals surface area contributed by atoms with E-state index in [9.17, 15) is 22.0 Å². The molecule has 1 amide bonds. The second-order valence-electron chi connectivity index (χ2n) is 6.45. The Morgan fingerprint density at radius 3 is 2.48 bits per heavy atom. The van der Waals surface area contributed by atoms with Gasteiger partial charge in [0.1, 0.15) is 17.4 Å². The Morgan fingerprint density at radius 2 is 1.85 bits per heavy atom. The third-order valence-electron chi connectivity index (χ3n) is 4.39. The average molecular weight is 395 g/mol. The number of sulfone groups is 1. The lowest BCUT2D eigenvalue weighted by Crippen LogP contribution is -2.43. The third-order valence-corrected chi connectivity index (χ3v) is 6.14. The Labute approximate surface area is 156 Å². The normalized spacial score (nSPS) is 18.2. The molecule has 0 unspecified atom stereocenters. The molecule has 0 aliphatic carbocycles. The van der Waals surface area contributed by atoms with Crippen molar-refractivity contribution in [1.82, 2.24) is 4.90 Å². The number of benzene rings is 2. The van der Waals surface area contributed by atoms with E-state index >= 15 is 0 Å². The molecule has 27 heavy (non-hydrogen) atoms. The fraction of sp³-hybridized carbons (Fsp3) is 0.316. The molecule has 1 saturated heterocycles. The summed E-state index contributed by atoms with van der Waals surface area (Å²) in [4.78, 5) is 14.1. The smallest absolute Gasteiger partial charge is 0.261 e. The van der Waals surface area contributed by atoms with Crippen LogP contribution in [0.25, 0.3) is 0 Å². The molecule has 1 atom stereocenters.